The second-order valence-electron chi connectivity index (χ2n) is 4.43. The highest BCUT2D eigenvalue weighted by atomic mass is 15.3. The van der Waals surface area contributed by atoms with Crippen LogP contribution in [0.15, 0.2) is 11.6 Å². The van der Waals surface area contributed by atoms with Crippen LogP contribution in [0.4, 0.5) is 0 Å². The Kier molecular flexibility index (Phi) is 3.78. The summed E-state index contributed by atoms with van der Waals surface area (Å²) in [5.41, 5.74) is 3.93. The zero-order valence-corrected chi connectivity index (χ0v) is 10.3. The minimum absolute atomic E-state index is 0.950. The second-order valence-corrected chi connectivity index (χ2v) is 4.43. The molecule has 0 radical (unpaired) electrons. The van der Waals surface area contributed by atoms with E-state index < -0.39 is 0 Å². The summed E-state index contributed by atoms with van der Waals surface area (Å²) in [5.74, 6) is 0. The molecule has 1 aromatic rings. The van der Waals surface area contributed by atoms with Gasteiger partial charge < -0.3 is 5.32 Å². The Morgan fingerprint density at radius 3 is 3.12 bits per heavy atom. The average molecular weight is 219 g/mol. The molecule has 0 atom stereocenters. The largest absolute Gasteiger partial charge is 0.316 e. The Hall–Kier alpha value is -1.09. The van der Waals surface area contributed by atoms with E-state index in [-0.39, 0.29) is 0 Å². The molecular formula is C13H21N3. The van der Waals surface area contributed by atoms with Crippen LogP contribution >= 0.6 is 0 Å². The van der Waals surface area contributed by atoms with Crippen LogP contribution in [0.1, 0.15) is 37.6 Å². The van der Waals surface area contributed by atoms with Gasteiger partial charge in [-0.25, -0.2) is 0 Å². The summed E-state index contributed by atoms with van der Waals surface area (Å²) in [6.45, 7) is 7.42. The fourth-order valence-electron chi connectivity index (χ4n) is 2.23. The van der Waals surface area contributed by atoms with Gasteiger partial charge in [0.05, 0.1) is 11.4 Å². The van der Waals surface area contributed by atoms with E-state index in [1.54, 1.807) is 5.57 Å². The van der Waals surface area contributed by atoms with Crippen molar-refractivity contribution in [1.82, 2.24) is 15.1 Å². The number of hydrogen-bond donors (Lipinski definition) is 1. The molecule has 0 amide bonds. The molecule has 0 unspecified atom stereocenters. The lowest BCUT2D eigenvalue weighted by Gasteiger charge is -2.04. The van der Waals surface area contributed by atoms with Crippen molar-refractivity contribution in [2.75, 3.05) is 13.1 Å². The fourth-order valence-corrected chi connectivity index (χ4v) is 2.23. The molecule has 3 nitrogen and oxygen atoms in total. The van der Waals surface area contributed by atoms with Gasteiger partial charge in [-0.15, -0.1) is 0 Å². The van der Waals surface area contributed by atoms with Gasteiger partial charge >= 0.3 is 0 Å². The van der Waals surface area contributed by atoms with Crippen LogP contribution in [-0.4, -0.2) is 22.9 Å². The minimum atomic E-state index is 0.950. The third kappa shape index (κ3) is 2.73. The van der Waals surface area contributed by atoms with Crippen LogP contribution in [0.5, 0.6) is 0 Å². The van der Waals surface area contributed by atoms with Gasteiger partial charge in [0.25, 0.3) is 0 Å². The van der Waals surface area contributed by atoms with E-state index in [9.17, 15) is 0 Å². The molecular weight excluding hydrogens is 198 g/mol. The molecule has 1 aliphatic heterocycles. The van der Waals surface area contributed by atoms with E-state index in [2.05, 4.69) is 41.1 Å². The van der Waals surface area contributed by atoms with Gasteiger partial charge in [-0.05, 0) is 58.3 Å². The van der Waals surface area contributed by atoms with Crippen LogP contribution in [-0.2, 0) is 6.54 Å². The molecule has 2 heterocycles. The highest BCUT2D eigenvalue weighted by molar-refractivity contribution is 5.50. The van der Waals surface area contributed by atoms with Crippen LogP contribution in [0.3, 0.4) is 0 Å². The molecule has 2 rings (SSSR count). The number of nitrogens with one attached hydrogen (secondary N) is 1. The lowest BCUT2D eigenvalue weighted by atomic mass is 10.1. The van der Waals surface area contributed by atoms with E-state index in [4.69, 9.17) is 0 Å². The van der Waals surface area contributed by atoms with E-state index >= 15 is 0 Å². The van der Waals surface area contributed by atoms with E-state index in [1.807, 2.05) is 0 Å². The molecule has 1 N–H and O–H groups in total. The summed E-state index contributed by atoms with van der Waals surface area (Å²) in [4.78, 5) is 0. The monoisotopic (exact) mass is 219 g/mol. The van der Waals surface area contributed by atoms with Gasteiger partial charge in [0.1, 0.15) is 0 Å². The Morgan fingerprint density at radius 2 is 2.31 bits per heavy atom. The normalized spacial score (nSPS) is 20.0. The van der Waals surface area contributed by atoms with Gasteiger partial charge in [-0.3, -0.25) is 4.68 Å². The van der Waals surface area contributed by atoms with Gasteiger partial charge in [0, 0.05) is 6.54 Å². The third-order valence-corrected chi connectivity index (χ3v) is 3.06. The topological polar surface area (TPSA) is 29.9 Å². The van der Waals surface area contributed by atoms with Crippen LogP contribution in [0.2, 0.25) is 0 Å². The smallest absolute Gasteiger partial charge is 0.0612 e. The highest BCUT2D eigenvalue weighted by Gasteiger charge is 2.06. The first-order valence-corrected chi connectivity index (χ1v) is 6.24. The predicted octanol–water partition coefficient (Wildman–Crippen LogP) is 2.37. The molecule has 1 fully saturated rings. The summed E-state index contributed by atoms with van der Waals surface area (Å²) in [6, 6.07) is 2.18. The summed E-state index contributed by atoms with van der Waals surface area (Å²) < 4.78 is 2.08. The number of aryl methyl sites for hydroxylation is 2. The van der Waals surface area contributed by atoms with Crippen molar-refractivity contribution in [3.63, 3.8) is 0 Å². The van der Waals surface area contributed by atoms with Crippen molar-refractivity contribution < 1.29 is 0 Å². The van der Waals surface area contributed by atoms with Gasteiger partial charge in [-0.2, -0.15) is 5.10 Å². The van der Waals surface area contributed by atoms with Crippen LogP contribution in [0, 0.1) is 6.92 Å². The molecule has 0 spiro atoms. The Bertz CT molecular complexity index is 367. The van der Waals surface area contributed by atoms with Crippen molar-refractivity contribution in [3.8, 4) is 0 Å². The molecule has 3 heteroatoms. The zero-order valence-electron chi connectivity index (χ0n) is 10.3. The Balaban J connectivity index is 2.19. The van der Waals surface area contributed by atoms with Crippen molar-refractivity contribution >= 4 is 6.08 Å². The number of hydrogen-bond acceptors (Lipinski definition) is 2. The summed E-state index contributed by atoms with van der Waals surface area (Å²) >= 11 is 0. The standard InChI is InChI=1S/C13H21N3/c1-3-16-13(9-11(2)15-16)10-12-5-4-7-14-8-6-12/h9-10,14H,3-8H2,1-2H3/b12-10-. The Morgan fingerprint density at radius 1 is 1.44 bits per heavy atom. The van der Waals surface area contributed by atoms with E-state index in [0.717, 1.165) is 25.3 Å². The van der Waals surface area contributed by atoms with Gasteiger partial charge in [0.15, 0.2) is 0 Å². The minimum Gasteiger partial charge on any atom is -0.316 e. The van der Waals surface area contributed by atoms with Crippen molar-refractivity contribution in [3.05, 3.63) is 23.0 Å². The molecule has 0 bridgehead atoms. The number of rotatable bonds is 2. The van der Waals surface area contributed by atoms with E-state index in [0.29, 0.717) is 0 Å². The molecule has 1 aliphatic rings. The predicted molar refractivity (Wildman–Crippen MR) is 67.3 cm³/mol. The first-order valence-electron chi connectivity index (χ1n) is 6.24. The number of aromatic nitrogens is 2. The lowest BCUT2D eigenvalue weighted by Crippen LogP contribution is -2.13. The molecule has 1 saturated heterocycles. The maximum atomic E-state index is 4.47. The van der Waals surface area contributed by atoms with Gasteiger partial charge in [-0.1, -0.05) is 5.57 Å². The number of nitrogens with zero attached hydrogens (tertiary/aromatic N) is 2. The lowest BCUT2D eigenvalue weighted by molar-refractivity contribution is 0.647. The fraction of sp³-hybridized carbons (Fsp3) is 0.615. The molecule has 0 saturated carbocycles. The Labute approximate surface area is 97.5 Å². The van der Waals surface area contributed by atoms with Crippen molar-refractivity contribution in [1.29, 1.82) is 0 Å². The molecule has 1 aromatic heterocycles. The summed E-state index contributed by atoms with van der Waals surface area (Å²) in [7, 11) is 0. The average Bonchev–Trinajstić information content (AvgIpc) is 2.49. The zero-order chi connectivity index (χ0) is 11.4. The molecule has 16 heavy (non-hydrogen) atoms. The SMILES string of the molecule is CCn1nc(C)cc1/C=C1/CCCNCC1. The summed E-state index contributed by atoms with van der Waals surface area (Å²) in [6.07, 6.45) is 5.98. The van der Waals surface area contributed by atoms with Crippen molar-refractivity contribution in [2.24, 2.45) is 0 Å². The second kappa shape index (κ2) is 5.30. The maximum absolute atomic E-state index is 4.47. The highest BCUT2D eigenvalue weighted by Crippen LogP contribution is 2.17. The maximum Gasteiger partial charge on any atom is 0.0612 e. The van der Waals surface area contributed by atoms with Crippen molar-refractivity contribution in [2.45, 2.75) is 39.7 Å². The first kappa shape index (κ1) is 11.4. The summed E-state index contributed by atoms with van der Waals surface area (Å²) in [5, 5.41) is 7.91. The molecule has 0 aliphatic carbocycles. The first-order chi connectivity index (χ1) is 7.79. The van der Waals surface area contributed by atoms with Crippen LogP contribution < -0.4 is 5.32 Å². The molecule has 0 aromatic carbocycles. The molecule has 88 valence electrons. The van der Waals surface area contributed by atoms with E-state index in [1.165, 1.54) is 25.0 Å². The quantitative estimate of drug-likeness (QED) is 0.827. The van der Waals surface area contributed by atoms with Gasteiger partial charge in [0.2, 0.25) is 0 Å². The third-order valence-electron chi connectivity index (χ3n) is 3.06. The van der Waals surface area contributed by atoms with Crippen LogP contribution in [0.25, 0.3) is 6.08 Å².